The fourth-order valence-electron chi connectivity index (χ4n) is 2.05. The number of amides is 2. The minimum atomic E-state index is -0.639. The minimum Gasteiger partial charge on any atom is -0.378 e. The van der Waals surface area contributed by atoms with Gasteiger partial charge in [-0.25, -0.2) is 0 Å². The highest BCUT2D eigenvalue weighted by Crippen LogP contribution is 2.23. The molecule has 1 aromatic rings. The van der Waals surface area contributed by atoms with Crippen LogP contribution in [0.5, 0.6) is 0 Å². The second kappa shape index (κ2) is 6.92. The van der Waals surface area contributed by atoms with E-state index in [0.29, 0.717) is 11.1 Å². The van der Waals surface area contributed by atoms with Crippen LogP contribution in [0.2, 0.25) is 0 Å². The molecule has 0 bridgehead atoms. The quantitative estimate of drug-likeness (QED) is 0.669. The molecule has 2 amide bonds. The van der Waals surface area contributed by atoms with Gasteiger partial charge in [-0.15, -0.1) is 12.4 Å². The molecule has 0 aromatic heterocycles. The summed E-state index contributed by atoms with van der Waals surface area (Å²) in [6, 6.07) is 9.46. The molecule has 1 aromatic carbocycles. The van der Waals surface area contributed by atoms with E-state index in [1.807, 2.05) is 49.3 Å². The van der Waals surface area contributed by atoms with E-state index < -0.39 is 11.8 Å². The van der Waals surface area contributed by atoms with Crippen molar-refractivity contribution in [1.29, 1.82) is 5.26 Å². The second-order valence-electron chi connectivity index (χ2n) is 4.94. The molecule has 0 atom stereocenters. The number of benzene rings is 1. The topological polar surface area (TPSA) is 73.2 Å². The summed E-state index contributed by atoms with van der Waals surface area (Å²) in [5.74, 6) is -1.12. The summed E-state index contributed by atoms with van der Waals surface area (Å²) < 4.78 is 0. The Morgan fingerprint density at radius 1 is 1.14 bits per heavy atom. The predicted molar refractivity (Wildman–Crippen MR) is 87.5 cm³/mol. The number of hydrogen-bond acceptors (Lipinski definition) is 4. The first-order valence-corrected chi connectivity index (χ1v) is 6.40. The summed E-state index contributed by atoms with van der Waals surface area (Å²) >= 11 is 0. The Morgan fingerprint density at radius 2 is 1.73 bits per heavy atom. The SMILES string of the molecule is CC1=C(C#N)C(=O)NC(=O)C1=Cc1ccc(N(C)C)cc1.Cl. The number of rotatable bonds is 2. The molecule has 0 radical (unpaired) electrons. The highest BCUT2D eigenvalue weighted by atomic mass is 35.5. The molecule has 0 aliphatic carbocycles. The van der Waals surface area contributed by atoms with Crippen LogP contribution in [0, 0.1) is 11.3 Å². The molecule has 6 heteroatoms. The van der Waals surface area contributed by atoms with Gasteiger partial charge in [0.25, 0.3) is 11.8 Å². The minimum absolute atomic E-state index is 0. The fraction of sp³-hybridized carbons (Fsp3) is 0.188. The molecule has 2 rings (SSSR count). The third kappa shape index (κ3) is 3.35. The summed E-state index contributed by atoms with van der Waals surface area (Å²) in [5.41, 5.74) is 2.60. The zero-order chi connectivity index (χ0) is 15.6. The lowest BCUT2D eigenvalue weighted by atomic mass is 9.95. The van der Waals surface area contributed by atoms with Gasteiger partial charge in [-0.1, -0.05) is 12.1 Å². The second-order valence-corrected chi connectivity index (χ2v) is 4.94. The summed E-state index contributed by atoms with van der Waals surface area (Å²) in [6.07, 6.45) is 1.67. The highest BCUT2D eigenvalue weighted by molar-refractivity contribution is 6.19. The maximum Gasteiger partial charge on any atom is 0.269 e. The molecule has 1 N–H and O–H groups in total. The largest absolute Gasteiger partial charge is 0.378 e. The number of carbonyl (C=O) groups excluding carboxylic acids is 2. The Balaban J connectivity index is 0.00000242. The number of hydrogen-bond donors (Lipinski definition) is 1. The van der Waals surface area contributed by atoms with E-state index in [2.05, 4.69) is 5.32 Å². The van der Waals surface area contributed by atoms with E-state index in [-0.39, 0.29) is 18.0 Å². The molecule has 0 saturated heterocycles. The number of carbonyl (C=O) groups is 2. The molecule has 22 heavy (non-hydrogen) atoms. The monoisotopic (exact) mass is 317 g/mol. The van der Waals surface area contributed by atoms with E-state index in [4.69, 9.17) is 5.26 Å². The van der Waals surface area contributed by atoms with Gasteiger partial charge in [0, 0.05) is 25.4 Å². The Labute approximate surface area is 135 Å². The number of anilines is 1. The van der Waals surface area contributed by atoms with Crippen LogP contribution in [0.3, 0.4) is 0 Å². The van der Waals surface area contributed by atoms with Crippen molar-refractivity contribution in [2.24, 2.45) is 0 Å². The standard InChI is InChI=1S/C16H15N3O2.ClH/c1-10-13(15(20)18-16(21)14(10)9-17)8-11-4-6-12(7-5-11)19(2)3;/h4-8H,1-3H3,(H,18,20,21);1H. The first-order chi connectivity index (χ1) is 9.93. The summed E-state index contributed by atoms with van der Waals surface area (Å²) in [7, 11) is 3.89. The van der Waals surface area contributed by atoms with Gasteiger partial charge >= 0.3 is 0 Å². The molecule has 5 nitrogen and oxygen atoms in total. The molecule has 1 heterocycles. The maximum absolute atomic E-state index is 11.9. The number of imide groups is 1. The van der Waals surface area contributed by atoms with Gasteiger partial charge in [0.15, 0.2) is 0 Å². The van der Waals surface area contributed by atoms with Crippen molar-refractivity contribution in [2.45, 2.75) is 6.92 Å². The molecule has 114 valence electrons. The number of halogens is 1. The predicted octanol–water partition coefficient (Wildman–Crippen LogP) is 2.05. The van der Waals surface area contributed by atoms with Gasteiger partial charge in [0.2, 0.25) is 0 Å². The van der Waals surface area contributed by atoms with Crippen molar-refractivity contribution in [3.63, 3.8) is 0 Å². The van der Waals surface area contributed by atoms with Crippen molar-refractivity contribution >= 4 is 36.0 Å². The first-order valence-electron chi connectivity index (χ1n) is 6.40. The van der Waals surface area contributed by atoms with E-state index in [9.17, 15) is 9.59 Å². The Hall–Kier alpha value is -2.58. The molecule has 0 saturated carbocycles. The molecule has 1 aliphatic rings. The molecule has 0 unspecified atom stereocenters. The lowest BCUT2D eigenvalue weighted by Crippen LogP contribution is -2.37. The van der Waals surface area contributed by atoms with E-state index >= 15 is 0 Å². The average molecular weight is 318 g/mol. The summed E-state index contributed by atoms with van der Waals surface area (Å²) in [6.45, 7) is 1.61. The highest BCUT2D eigenvalue weighted by Gasteiger charge is 2.27. The third-order valence-electron chi connectivity index (χ3n) is 3.31. The Morgan fingerprint density at radius 3 is 2.23 bits per heavy atom. The van der Waals surface area contributed by atoms with Crippen molar-refractivity contribution in [3.8, 4) is 6.07 Å². The van der Waals surface area contributed by atoms with Crippen molar-refractivity contribution in [2.75, 3.05) is 19.0 Å². The lowest BCUT2D eigenvalue weighted by molar-refractivity contribution is -0.126. The normalized spacial score (nSPS) is 16.0. The van der Waals surface area contributed by atoms with Crippen molar-refractivity contribution < 1.29 is 9.59 Å². The van der Waals surface area contributed by atoms with Gasteiger partial charge in [0.05, 0.1) is 0 Å². The van der Waals surface area contributed by atoms with Crippen LogP contribution in [-0.4, -0.2) is 25.9 Å². The van der Waals surface area contributed by atoms with Crippen molar-refractivity contribution in [3.05, 3.63) is 46.5 Å². The zero-order valence-electron chi connectivity index (χ0n) is 12.5. The van der Waals surface area contributed by atoms with Crippen LogP contribution < -0.4 is 10.2 Å². The van der Waals surface area contributed by atoms with Gasteiger partial charge < -0.3 is 4.90 Å². The van der Waals surface area contributed by atoms with Gasteiger partial charge in [0.1, 0.15) is 11.6 Å². The zero-order valence-corrected chi connectivity index (χ0v) is 13.3. The van der Waals surface area contributed by atoms with Crippen molar-refractivity contribution in [1.82, 2.24) is 5.32 Å². The lowest BCUT2D eigenvalue weighted by Gasteiger charge is -2.16. The smallest absolute Gasteiger partial charge is 0.269 e. The van der Waals surface area contributed by atoms with Crippen LogP contribution in [0.4, 0.5) is 5.69 Å². The average Bonchev–Trinajstić information content (AvgIpc) is 2.44. The third-order valence-corrected chi connectivity index (χ3v) is 3.31. The fourth-order valence-corrected chi connectivity index (χ4v) is 2.05. The van der Waals surface area contributed by atoms with E-state index in [0.717, 1.165) is 11.3 Å². The molecule has 0 fully saturated rings. The van der Waals surface area contributed by atoms with Gasteiger partial charge in [-0.05, 0) is 36.3 Å². The van der Waals surface area contributed by atoms with Crippen LogP contribution in [0.1, 0.15) is 12.5 Å². The van der Waals surface area contributed by atoms with E-state index in [1.54, 1.807) is 13.0 Å². The van der Waals surface area contributed by atoms with Crippen LogP contribution in [0.25, 0.3) is 6.08 Å². The molecular weight excluding hydrogens is 302 g/mol. The summed E-state index contributed by atoms with van der Waals surface area (Å²) in [4.78, 5) is 25.4. The number of nitriles is 1. The van der Waals surface area contributed by atoms with E-state index in [1.165, 1.54) is 0 Å². The van der Waals surface area contributed by atoms with Crippen LogP contribution >= 0.6 is 12.4 Å². The van der Waals surface area contributed by atoms with Gasteiger partial charge in [-0.3, -0.25) is 14.9 Å². The van der Waals surface area contributed by atoms with Crippen LogP contribution in [-0.2, 0) is 9.59 Å². The van der Waals surface area contributed by atoms with Crippen LogP contribution in [0.15, 0.2) is 41.0 Å². The molecular formula is C16H16ClN3O2. The number of nitrogens with one attached hydrogen (secondary N) is 1. The summed E-state index contributed by atoms with van der Waals surface area (Å²) in [5, 5.41) is 11.2. The Bertz CT molecular complexity index is 710. The first kappa shape index (κ1) is 17.5. The molecule has 0 spiro atoms. The Kier molecular flexibility index (Phi) is 5.50. The van der Waals surface area contributed by atoms with Gasteiger partial charge in [-0.2, -0.15) is 5.26 Å². The maximum atomic E-state index is 11.9. The molecule has 1 aliphatic heterocycles. The number of nitrogens with zero attached hydrogens (tertiary/aromatic N) is 2.